The summed E-state index contributed by atoms with van der Waals surface area (Å²) in [7, 11) is 1.27. The molecule has 1 unspecified atom stereocenters. The monoisotopic (exact) mass is 256 g/mol. The zero-order valence-corrected chi connectivity index (χ0v) is 10.2. The number of Topliss-reactive ketones (excluding diaryl/α,β-unsaturated/α-hetero) is 1. The molecule has 3 nitrogen and oxygen atoms in total. The number of hydrogen-bond acceptors (Lipinski definition) is 3. The number of halogens is 2. The van der Waals surface area contributed by atoms with Crippen LogP contribution >= 0.6 is 0 Å². The maximum atomic E-state index is 12.9. The normalized spacial score (nSPS) is 12.0. The van der Waals surface area contributed by atoms with E-state index in [1.165, 1.54) is 13.2 Å². The highest BCUT2D eigenvalue weighted by Crippen LogP contribution is 2.15. The van der Waals surface area contributed by atoms with E-state index in [4.69, 9.17) is 0 Å². The molecule has 0 saturated carbocycles. The van der Waals surface area contributed by atoms with Gasteiger partial charge < -0.3 is 4.74 Å². The molecular formula is C13H14F2O3. The van der Waals surface area contributed by atoms with Gasteiger partial charge in [0.1, 0.15) is 0 Å². The number of methoxy groups -OCH3 is 1. The molecular weight excluding hydrogens is 242 g/mol. The van der Waals surface area contributed by atoms with Crippen LogP contribution < -0.4 is 0 Å². The molecule has 0 aliphatic rings. The summed E-state index contributed by atoms with van der Waals surface area (Å²) in [6.45, 7) is 1.72. The summed E-state index contributed by atoms with van der Waals surface area (Å²) < 4.78 is 30.1. The largest absolute Gasteiger partial charge is 0.469 e. The average molecular weight is 256 g/mol. The van der Waals surface area contributed by atoms with Gasteiger partial charge in [-0.05, 0) is 24.1 Å². The molecule has 1 rings (SSSR count). The maximum Gasteiger partial charge on any atom is 0.305 e. The average Bonchev–Trinajstić information content (AvgIpc) is 2.32. The smallest absolute Gasteiger partial charge is 0.305 e. The molecule has 0 aliphatic heterocycles. The van der Waals surface area contributed by atoms with E-state index in [-0.39, 0.29) is 30.1 Å². The number of rotatable bonds is 5. The number of carbonyl (C=O) groups is 2. The Morgan fingerprint density at radius 1 is 1.22 bits per heavy atom. The summed E-state index contributed by atoms with van der Waals surface area (Å²) in [6.07, 6.45) is 0.200. The summed E-state index contributed by atoms with van der Waals surface area (Å²) in [5.41, 5.74) is 0.102. The standard InChI is InChI=1S/C13H14F2O3/c1-8(6-13(17)18-2)5-12(16)9-3-4-10(14)11(15)7-9/h3-4,7-8H,5-6H2,1-2H3. The van der Waals surface area contributed by atoms with Gasteiger partial charge in [-0.3, -0.25) is 9.59 Å². The van der Waals surface area contributed by atoms with E-state index < -0.39 is 17.6 Å². The molecule has 1 aromatic carbocycles. The van der Waals surface area contributed by atoms with Gasteiger partial charge in [-0.2, -0.15) is 0 Å². The van der Waals surface area contributed by atoms with Crippen molar-refractivity contribution < 1.29 is 23.1 Å². The molecule has 1 aromatic rings. The first-order chi connectivity index (χ1) is 8.43. The van der Waals surface area contributed by atoms with E-state index >= 15 is 0 Å². The number of hydrogen-bond donors (Lipinski definition) is 0. The SMILES string of the molecule is COC(=O)CC(C)CC(=O)c1ccc(F)c(F)c1. The number of ether oxygens (including phenoxy) is 1. The van der Waals surface area contributed by atoms with Crippen LogP contribution in [0, 0.1) is 17.6 Å². The number of ketones is 1. The maximum absolute atomic E-state index is 12.9. The Morgan fingerprint density at radius 3 is 2.44 bits per heavy atom. The van der Waals surface area contributed by atoms with Gasteiger partial charge >= 0.3 is 5.97 Å². The van der Waals surface area contributed by atoms with Crippen LogP contribution in [0.2, 0.25) is 0 Å². The van der Waals surface area contributed by atoms with E-state index in [0.717, 1.165) is 12.1 Å². The molecule has 5 heteroatoms. The van der Waals surface area contributed by atoms with Crippen LogP contribution in [0.3, 0.4) is 0 Å². The van der Waals surface area contributed by atoms with Crippen LogP contribution in [0.4, 0.5) is 8.78 Å². The number of carbonyl (C=O) groups excluding carboxylic acids is 2. The van der Waals surface area contributed by atoms with Gasteiger partial charge in [0, 0.05) is 18.4 Å². The highest BCUT2D eigenvalue weighted by molar-refractivity contribution is 5.96. The van der Waals surface area contributed by atoms with Crippen LogP contribution in [-0.2, 0) is 9.53 Å². The fraction of sp³-hybridized carbons (Fsp3) is 0.385. The van der Waals surface area contributed by atoms with Crippen molar-refractivity contribution in [2.45, 2.75) is 19.8 Å². The van der Waals surface area contributed by atoms with Crippen LogP contribution in [0.15, 0.2) is 18.2 Å². The molecule has 0 aromatic heterocycles. The van der Waals surface area contributed by atoms with Crippen molar-refractivity contribution in [3.05, 3.63) is 35.4 Å². The van der Waals surface area contributed by atoms with Gasteiger partial charge in [0.15, 0.2) is 17.4 Å². The Morgan fingerprint density at radius 2 is 1.89 bits per heavy atom. The first kappa shape index (κ1) is 14.3. The molecule has 0 spiro atoms. The quantitative estimate of drug-likeness (QED) is 0.601. The Hall–Kier alpha value is -1.78. The Kier molecular flexibility index (Phi) is 4.95. The Labute approximate surface area is 104 Å². The van der Waals surface area contributed by atoms with Crippen molar-refractivity contribution in [1.29, 1.82) is 0 Å². The van der Waals surface area contributed by atoms with Crippen LogP contribution in [0.25, 0.3) is 0 Å². The van der Waals surface area contributed by atoms with E-state index in [1.807, 2.05) is 0 Å². The molecule has 0 fully saturated rings. The van der Waals surface area contributed by atoms with Crippen molar-refractivity contribution in [1.82, 2.24) is 0 Å². The number of esters is 1. The first-order valence-electron chi connectivity index (χ1n) is 5.49. The molecule has 1 atom stereocenters. The molecule has 0 saturated heterocycles. The van der Waals surface area contributed by atoms with Crippen LogP contribution in [0.5, 0.6) is 0 Å². The summed E-state index contributed by atoms with van der Waals surface area (Å²) in [4.78, 5) is 22.7. The summed E-state index contributed by atoms with van der Waals surface area (Å²) in [6, 6.07) is 3.00. The molecule has 98 valence electrons. The molecule has 0 amide bonds. The van der Waals surface area contributed by atoms with Gasteiger partial charge in [-0.25, -0.2) is 8.78 Å². The van der Waals surface area contributed by atoms with Crippen LogP contribution in [0.1, 0.15) is 30.1 Å². The second-order valence-corrected chi connectivity index (χ2v) is 4.14. The van der Waals surface area contributed by atoms with Gasteiger partial charge in [-0.15, -0.1) is 0 Å². The second kappa shape index (κ2) is 6.23. The summed E-state index contributed by atoms with van der Waals surface area (Å²) in [5.74, 6) is -2.99. The lowest BCUT2D eigenvalue weighted by Crippen LogP contribution is -2.12. The van der Waals surface area contributed by atoms with Gasteiger partial charge in [0.2, 0.25) is 0 Å². The topological polar surface area (TPSA) is 43.4 Å². The zero-order valence-electron chi connectivity index (χ0n) is 10.2. The summed E-state index contributed by atoms with van der Waals surface area (Å²) >= 11 is 0. The Bertz CT molecular complexity index is 458. The lowest BCUT2D eigenvalue weighted by Gasteiger charge is -2.09. The third-order valence-corrected chi connectivity index (χ3v) is 2.52. The minimum Gasteiger partial charge on any atom is -0.469 e. The van der Waals surface area contributed by atoms with Crippen molar-refractivity contribution >= 4 is 11.8 Å². The molecule has 0 aliphatic carbocycles. The second-order valence-electron chi connectivity index (χ2n) is 4.14. The molecule has 0 radical (unpaired) electrons. The van der Waals surface area contributed by atoms with Gasteiger partial charge in [-0.1, -0.05) is 6.92 Å². The first-order valence-corrected chi connectivity index (χ1v) is 5.49. The van der Waals surface area contributed by atoms with E-state index in [0.29, 0.717) is 0 Å². The molecule has 18 heavy (non-hydrogen) atoms. The lowest BCUT2D eigenvalue weighted by molar-refractivity contribution is -0.141. The minimum atomic E-state index is -1.05. The van der Waals surface area contributed by atoms with E-state index in [1.54, 1.807) is 6.92 Å². The van der Waals surface area contributed by atoms with Gasteiger partial charge in [0.05, 0.1) is 7.11 Å². The molecule has 0 heterocycles. The van der Waals surface area contributed by atoms with E-state index in [2.05, 4.69) is 4.74 Å². The van der Waals surface area contributed by atoms with Gasteiger partial charge in [0.25, 0.3) is 0 Å². The Balaban J connectivity index is 2.64. The third-order valence-electron chi connectivity index (χ3n) is 2.52. The van der Waals surface area contributed by atoms with Crippen molar-refractivity contribution in [3.63, 3.8) is 0 Å². The van der Waals surface area contributed by atoms with Crippen molar-refractivity contribution in [3.8, 4) is 0 Å². The lowest BCUT2D eigenvalue weighted by atomic mass is 9.97. The number of benzene rings is 1. The molecule has 0 bridgehead atoms. The highest BCUT2D eigenvalue weighted by Gasteiger charge is 2.16. The van der Waals surface area contributed by atoms with Crippen molar-refractivity contribution in [2.75, 3.05) is 7.11 Å². The molecule has 0 N–H and O–H groups in total. The van der Waals surface area contributed by atoms with E-state index in [9.17, 15) is 18.4 Å². The zero-order chi connectivity index (χ0) is 13.7. The highest BCUT2D eigenvalue weighted by atomic mass is 19.2. The third kappa shape index (κ3) is 3.91. The van der Waals surface area contributed by atoms with Crippen LogP contribution in [-0.4, -0.2) is 18.9 Å². The predicted octanol–water partition coefficient (Wildman–Crippen LogP) is 2.74. The fourth-order valence-electron chi connectivity index (χ4n) is 1.54. The predicted molar refractivity (Wildman–Crippen MR) is 61.1 cm³/mol. The minimum absolute atomic E-state index is 0.0835. The fourth-order valence-corrected chi connectivity index (χ4v) is 1.54. The van der Waals surface area contributed by atoms with Crippen molar-refractivity contribution in [2.24, 2.45) is 5.92 Å². The summed E-state index contributed by atoms with van der Waals surface area (Å²) in [5, 5.41) is 0.